The van der Waals surface area contributed by atoms with Crippen molar-refractivity contribution in [3.05, 3.63) is 84.4 Å². The molecule has 4 heteroatoms. The molecule has 4 N–H and O–H groups in total. The van der Waals surface area contributed by atoms with Gasteiger partial charge in [-0.05, 0) is 48.5 Å². The summed E-state index contributed by atoms with van der Waals surface area (Å²) in [4.78, 5) is 0. The van der Waals surface area contributed by atoms with Crippen LogP contribution in [0.25, 0.3) is 0 Å². The largest absolute Gasteiger partial charge is 0.448 e. The van der Waals surface area contributed by atoms with Gasteiger partial charge in [-0.15, -0.1) is 0 Å². The molecule has 0 aliphatic rings. The normalized spacial score (nSPS) is 11.1. The molecule has 0 heterocycles. The molecule has 0 amide bonds. The van der Waals surface area contributed by atoms with E-state index in [9.17, 15) is 0 Å². The van der Waals surface area contributed by atoms with E-state index in [-0.39, 0.29) is 0 Å². The molecule has 0 radical (unpaired) electrons. The number of nitrogen functional groups attached to an aromatic ring is 2. The Labute approximate surface area is 148 Å². The van der Waals surface area contributed by atoms with E-state index in [4.69, 9.17) is 20.9 Å². The molecule has 3 aromatic rings. The van der Waals surface area contributed by atoms with Crippen LogP contribution < -0.4 is 20.9 Å². The number of hydrogen-bond donors (Lipinski definition) is 2. The van der Waals surface area contributed by atoms with E-state index in [1.807, 2.05) is 85.8 Å². The van der Waals surface area contributed by atoms with Gasteiger partial charge in [0.2, 0.25) is 0 Å². The Balaban J connectivity index is 1.99. The summed E-state index contributed by atoms with van der Waals surface area (Å²) in [6.45, 7) is 2.03. The molecule has 0 saturated carbocycles. The predicted octanol–water partition coefficient (Wildman–Crippen LogP) is 4.57. The first-order valence-electron chi connectivity index (χ1n) is 8.26. The predicted molar refractivity (Wildman–Crippen MR) is 101 cm³/mol. The van der Waals surface area contributed by atoms with Crippen LogP contribution in [-0.2, 0) is 5.79 Å². The molecule has 3 aromatic carbocycles. The maximum Gasteiger partial charge on any atom is 0.277 e. The molecular formula is C21H22N2O2. The maximum absolute atomic E-state index is 6.32. The third-order valence-electron chi connectivity index (χ3n) is 4.00. The SMILES string of the molecule is CCC(Oc1ccc(N)cc1)(Oc1ccc(N)cc1)c1ccccc1. The smallest absolute Gasteiger partial charge is 0.277 e. The minimum Gasteiger partial charge on any atom is -0.448 e. The second-order valence-corrected chi connectivity index (χ2v) is 5.81. The molecule has 0 unspecified atom stereocenters. The Bertz CT molecular complexity index is 752. The fourth-order valence-corrected chi connectivity index (χ4v) is 2.63. The number of rotatable bonds is 6. The molecule has 3 rings (SSSR count). The van der Waals surface area contributed by atoms with Crippen molar-refractivity contribution in [2.24, 2.45) is 0 Å². The van der Waals surface area contributed by atoms with Crippen molar-refractivity contribution in [1.82, 2.24) is 0 Å². The molecule has 4 nitrogen and oxygen atoms in total. The van der Waals surface area contributed by atoms with Crippen LogP contribution in [0, 0.1) is 0 Å². The van der Waals surface area contributed by atoms with E-state index < -0.39 is 5.79 Å². The van der Waals surface area contributed by atoms with E-state index in [1.165, 1.54) is 0 Å². The minimum absolute atomic E-state index is 0.617. The van der Waals surface area contributed by atoms with Gasteiger partial charge in [-0.2, -0.15) is 0 Å². The molecule has 0 aliphatic carbocycles. The van der Waals surface area contributed by atoms with Gasteiger partial charge in [-0.3, -0.25) is 0 Å². The van der Waals surface area contributed by atoms with Crippen LogP contribution in [0.1, 0.15) is 18.9 Å². The van der Waals surface area contributed by atoms with Crippen LogP contribution in [0.2, 0.25) is 0 Å². The highest BCUT2D eigenvalue weighted by Crippen LogP contribution is 2.34. The van der Waals surface area contributed by atoms with Crippen molar-refractivity contribution in [3.8, 4) is 11.5 Å². The molecule has 0 aliphatic heterocycles. The molecule has 0 saturated heterocycles. The second-order valence-electron chi connectivity index (χ2n) is 5.81. The third-order valence-corrected chi connectivity index (χ3v) is 4.00. The van der Waals surface area contributed by atoms with E-state index in [1.54, 1.807) is 0 Å². The fraction of sp³-hybridized carbons (Fsp3) is 0.143. The molecule has 0 aromatic heterocycles. The van der Waals surface area contributed by atoms with Crippen LogP contribution in [-0.4, -0.2) is 0 Å². The van der Waals surface area contributed by atoms with E-state index in [0.717, 1.165) is 5.56 Å². The van der Waals surface area contributed by atoms with E-state index >= 15 is 0 Å². The summed E-state index contributed by atoms with van der Waals surface area (Å²) in [7, 11) is 0. The monoisotopic (exact) mass is 334 g/mol. The van der Waals surface area contributed by atoms with Gasteiger partial charge >= 0.3 is 0 Å². The topological polar surface area (TPSA) is 70.5 Å². The van der Waals surface area contributed by atoms with Crippen LogP contribution in [0.3, 0.4) is 0 Å². The zero-order valence-corrected chi connectivity index (χ0v) is 14.2. The molecule has 0 spiro atoms. The highest BCUT2D eigenvalue weighted by atomic mass is 16.7. The van der Waals surface area contributed by atoms with Crippen molar-refractivity contribution in [1.29, 1.82) is 0 Å². The zero-order valence-electron chi connectivity index (χ0n) is 14.2. The first-order chi connectivity index (χ1) is 12.1. The van der Waals surface area contributed by atoms with Gasteiger partial charge in [0.25, 0.3) is 5.79 Å². The Hall–Kier alpha value is -3.14. The Kier molecular flexibility index (Phi) is 4.80. The minimum atomic E-state index is -0.951. The van der Waals surface area contributed by atoms with E-state index in [2.05, 4.69) is 0 Å². The lowest BCUT2D eigenvalue weighted by Crippen LogP contribution is -2.39. The van der Waals surface area contributed by atoms with Gasteiger partial charge in [-0.25, -0.2) is 0 Å². The van der Waals surface area contributed by atoms with Gasteiger partial charge < -0.3 is 20.9 Å². The first kappa shape index (κ1) is 16.7. The van der Waals surface area contributed by atoms with Gasteiger partial charge in [0.05, 0.1) is 0 Å². The average molecular weight is 334 g/mol. The second kappa shape index (κ2) is 7.18. The summed E-state index contributed by atoms with van der Waals surface area (Å²) in [5.41, 5.74) is 13.9. The van der Waals surface area contributed by atoms with Crippen molar-refractivity contribution >= 4 is 11.4 Å². The van der Waals surface area contributed by atoms with Crippen LogP contribution in [0.5, 0.6) is 11.5 Å². The molecular weight excluding hydrogens is 312 g/mol. The van der Waals surface area contributed by atoms with Gasteiger partial charge in [0.15, 0.2) is 0 Å². The lowest BCUT2D eigenvalue weighted by Gasteiger charge is -2.34. The van der Waals surface area contributed by atoms with Crippen LogP contribution >= 0.6 is 0 Å². The molecule has 0 fully saturated rings. The van der Waals surface area contributed by atoms with E-state index in [0.29, 0.717) is 29.3 Å². The number of hydrogen-bond acceptors (Lipinski definition) is 4. The molecule has 0 atom stereocenters. The molecule has 0 bridgehead atoms. The average Bonchev–Trinajstić information content (AvgIpc) is 2.65. The standard InChI is InChI=1S/C21H22N2O2/c1-2-21(16-6-4-3-5-7-16,24-19-12-8-17(22)9-13-19)25-20-14-10-18(23)11-15-20/h3-15H,2,22-23H2,1H3. The maximum atomic E-state index is 6.32. The molecule has 25 heavy (non-hydrogen) atoms. The van der Waals surface area contributed by atoms with Crippen molar-refractivity contribution in [3.63, 3.8) is 0 Å². The van der Waals surface area contributed by atoms with Gasteiger partial charge in [0, 0.05) is 23.4 Å². The number of nitrogens with two attached hydrogens (primary N) is 2. The number of benzene rings is 3. The van der Waals surface area contributed by atoms with Crippen LogP contribution in [0.4, 0.5) is 11.4 Å². The highest BCUT2D eigenvalue weighted by Gasteiger charge is 2.35. The Morgan fingerprint density at radius 2 is 1.12 bits per heavy atom. The first-order valence-corrected chi connectivity index (χ1v) is 8.26. The fourth-order valence-electron chi connectivity index (χ4n) is 2.63. The summed E-state index contributed by atoms with van der Waals surface area (Å²) in [5, 5.41) is 0. The summed E-state index contributed by atoms with van der Waals surface area (Å²) in [6, 6.07) is 24.5. The number of ether oxygens (including phenoxy) is 2. The summed E-state index contributed by atoms with van der Waals surface area (Å²) in [6.07, 6.45) is 0.617. The Morgan fingerprint density at radius 3 is 1.52 bits per heavy atom. The number of anilines is 2. The van der Waals surface area contributed by atoms with Crippen molar-refractivity contribution in [2.75, 3.05) is 11.5 Å². The Morgan fingerprint density at radius 1 is 0.680 bits per heavy atom. The summed E-state index contributed by atoms with van der Waals surface area (Å²) < 4.78 is 12.6. The zero-order chi connectivity index (χ0) is 17.7. The lowest BCUT2D eigenvalue weighted by atomic mass is 10.0. The quantitative estimate of drug-likeness (QED) is 0.511. The highest BCUT2D eigenvalue weighted by molar-refractivity contribution is 5.43. The summed E-state index contributed by atoms with van der Waals surface area (Å²) >= 11 is 0. The lowest BCUT2D eigenvalue weighted by molar-refractivity contribution is -0.124. The van der Waals surface area contributed by atoms with Crippen molar-refractivity contribution in [2.45, 2.75) is 19.1 Å². The van der Waals surface area contributed by atoms with Gasteiger partial charge in [0.1, 0.15) is 11.5 Å². The van der Waals surface area contributed by atoms with Gasteiger partial charge in [-0.1, -0.05) is 37.3 Å². The summed E-state index contributed by atoms with van der Waals surface area (Å²) in [5.74, 6) is 0.429. The van der Waals surface area contributed by atoms with Crippen molar-refractivity contribution < 1.29 is 9.47 Å². The van der Waals surface area contributed by atoms with Crippen LogP contribution in [0.15, 0.2) is 78.9 Å². The third kappa shape index (κ3) is 3.86. The molecule has 128 valence electrons.